The molecule has 18 heavy (non-hydrogen) atoms. The van der Waals surface area contributed by atoms with E-state index in [1.165, 1.54) is 6.20 Å². The number of rotatable bonds is 3. The van der Waals surface area contributed by atoms with Gasteiger partial charge in [0.2, 0.25) is 0 Å². The Hall–Kier alpha value is -1.82. The lowest BCUT2D eigenvalue weighted by Gasteiger charge is -2.02. The molecule has 0 bridgehead atoms. The summed E-state index contributed by atoms with van der Waals surface area (Å²) >= 11 is 6.13. The maximum Gasteiger partial charge on any atom is 0.339 e. The highest BCUT2D eigenvalue weighted by Crippen LogP contribution is 2.20. The summed E-state index contributed by atoms with van der Waals surface area (Å²) in [5, 5.41) is 17.9. The van der Waals surface area contributed by atoms with E-state index in [2.05, 4.69) is 10.2 Å². The molecule has 2 aromatic heterocycles. The summed E-state index contributed by atoms with van der Waals surface area (Å²) in [5.41, 5.74) is 2.23. The van der Waals surface area contributed by atoms with Gasteiger partial charge in [0.1, 0.15) is 5.56 Å². The quantitative estimate of drug-likeness (QED) is 0.918. The molecule has 2 aromatic rings. The Bertz CT molecular complexity index is 615. The number of carbonyl (C=O) groups is 1. The number of nitrogens with zero attached hydrogens (tertiary/aromatic N) is 4. The Balaban J connectivity index is 2.34. The summed E-state index contributed by atoms with van der Waals surface area (Å²) < 4.78 is 3.23. The van der Waals surface area contributed by atoms with Crippen LogP contribution >= 0.6 is 11.6 Å². The fourth-order valence-electron chi connectivity index (χ4n) is 1.81. The van der Waals surface area contributed by atoms with Crippen LogP contribution in [0.3, 0.4) is 0 Å². The van der Waals surface area contributed by atoms with Crippen molar-refractivity contribution in [2.45, 2.75) is 20.4 Å². The minimum Gasteiger partial charge on any atom is -0.478 e. The van der Waals surface area contributed by atoms with Gasteiger partial charge in [0, 0.05) is 13.2 Å². The maximum absolute atomic E-state index is 10.9. The lowest BCUT2D eigenvalue weighted by molar-refractivity contribution is 0.0696. The van der Waals surface area contributed by atoms with Crippen LogP contribution in [0.15, 0.2) is 6.20 Å². The number of aromatic nitrogens is 4. The van der Waals surface area contributed by atoms with Gasteiger partial charge in [-0.15, -0.1) is 0 Å². The van der Waals surface area contributed by atoms with Crippen LogP contribution in [-0.2, 0) is 13.6 Å². The number of aryl methyl sites for hydroxylation is 3. The first-order valence-electron chi connectivity index (χ1n) is 5.35. The second-order valence-corrected chi connectivity index (χ2v) is 4.48. The van der Waals surface area contributed by atoms with Crippen molar-refractivity contribution < 1.29 is 9.90 Å². The zero-order valence-corrected chi connectivity index (χ0v) is 11.1. The van der Waals surface area contributed by atoms with Crippen molar-refractivity contribution in [3.8, 4) is 0 Å². The van der Waals surface area contributed by atoms with Crippen LogP contribution in [-0.4, -0.2) is 30.6 Å². The Morgan fingerprint density at radius 1 is 1.39 bits per heavy atom. The van der Waals surface area contributed by atoms with Crippen LogP contribution in [0.25, 0.3) is 0 Å². The minimum atomic E-state index is -0.981. The first-order chi connectivity index (χ1) is 8.40. The van der Waals surface area contributed by atoms with E-state index in [0.29, 0.717) is 17.3 Å². The van der Waals surface area contributed by atoms with E-state index in [1.54, 1.807) is 23.3 Å². The van der Waals surface area contributed by atoms with Crippen LogP contribution in [0.4, 0.5) is 0 Å². The van der Waals surface area contributed by atoms with Gasteiger partial charge in [-0.2, -0.15) is 10.2 Å². The summed E-state index contributed by atoms with van der Waals surface area (Å²) in [5.74, 6) is -0.981. The summed E-state index contributed by atoms with van der Waals surface area (Å²) in [6.45, 7) is 3.88. The number of carboxylic acid groups (broad SMARTS) is 1. The standard InChI is InChI=1S/C11H13ClN4O2/c1-6-8(11(17)18)4-16(14-6)5-9-10(12)7(2)13-15(9)3/h4H,5H2,1-3H3,(H,17,18). The van der Waals surface area contributed by atoms with Crippen LogP contribution in [0.2, 0.25) is 5.02 Å². The van der Waals surface area contributed by atoms with E-state index in [4.69, 9.17) is 16.7 Å². The topological polar surface area (TPSA) is 72.9 Å². The molecule has 0 spiro atoms. The molecular formula is C11H13ClN4O2. The highest BCUT2D eigenvalue weighted by Gasteiger charge is 2.15. The SMILES string of the molecule is Cc1nn(Cc2c(Cl)c(C)nn2C)cc1C(=O)O. The largest absolute Gasteiger partial charge is 0.478 e. The number of aromatic carboxylic acids is 1. The van der Waals surface area contributed by atoms with Gasteiger partial charge in [-0.25, -0.2) is 4.79 Å². The van der Waals surface area contributed by atoms with E-state index < -0.39 is 5.97 Å². The second-order valence-electron chi connectivity index (χ2n) is 4.10. The first-order valence-corrected chi connectivity index (χ1v) is 5.73. The maximum atomic E-state index is 10.9. The van der Waals surface area contributed by atoms with Gasteiger partial charge in [0.15, 0.2) is 0 Å². The molecule has 6 nitrogen and oxygen atoms in total. The molecule has 0 aromatic carbocycles. The zero-order valence-electron chi connectivity index (χ0n) is 10.3. The van der Waals surface area contributed by atoms with Gasteiger partial charge >= 0.3 is 5.97 Å². The van der Waals surface area contributed by atoms with Crippen LogP contribution in [0.5, 0.6) is 0 Å². The number of hydrogen-bond acceptors (Lipinski definition) is 3. The van der Waals surface area contributed by atoms with Crippen molar-refractivity contribution in [3.63, 3.8) is 0 Å². The predicted molar refractivity (Wildman–Crippen MR) is 66.0 cm³/mol. The highest BCUT2D eigenvalue weighted by molar-refractivity contribution is 6.31. The first kappa shape index (κ1) is 12.6. The fourth-order valence-corrected chi connectivity index (χ4v) is 2.03. The lowest BCUT2D eigenvalue weighted by Crippen LogP contribution is -2.06. The molecule has 0 saturated carbocycles. The molecule has 0 saturated heterocycles. The van der Waals surface area contributed by atoms with Crippen LogP contribution in [0.1, 0.15) is 27.4 Å². The molecule has 0 radical (unpaired) electrons. The number of carboxylic acids is 1. The Kier molecular flexibility index (Phi) is 3.13. The Morgan fingerprint density at radius 3 is 2.50 bits per heavy atom. The van der Waals surface area contributed by atoms with E-state index in [9.17, 15) is 4.79 Å². The summed E-state index contributed by atoms with van der Waals surface area (Å²) in [6.07, 6.45) is 1.50. The van der Waals surface area contributed by atoms with E-state index in [0.717, 1.165) is 11.4 Å². The van der Waals surface area contributed by atoms with E-state index in [1.807, 2.05) is 6.92 Å². The third-order valence-electron chi connectivity index (χ3n) is 2.75. The Morgan fingerprint density at radius 2 is 2.06 bits per heavy atom. The van der Waals surface area contributed by atoms with Gasteiger partial charge < -0.3 is 5.11 Å². The number of hydrogen-bond donors (Lipinski definition) is 1. The molecular weight excluding hydrogens is 256 g/mol. The average molecular weight is 269 g/mol. The molecule has 0 aliphatic heterocycles. The average Bonchev–Trinajstić information content (AvgIpc) is 2.75. The Labute approximate surface area is 109 Å². The molecule has 2 heterocycles. The minimum absolute atomic E-state index is 0.199. The summed E-state index contributed by atoms with van der Waals surface area (Å²) in [4.78, 5) is 10.9. The molecule has 0 fully saturated rings. The van der Waals surface area contributed by atoms with Gasteiger partial charge in [-0.3, -0.25) is 9.36 Å². The molecule has 96 valence electrons. The summed E-state index contributed by atoms with van der Waals surface area (Å²) in [6, 6.07) is 0. The van der Waals surface area contributed by atoms with Gasteiger partial charge in [0.05, 0.1) is 28.6 Å². The van der Waals surface area contributed by atoms with Crippen molar-refractivity contribution in [3.05, 3.63) is 33.9 Å². The zero-order chi connectivity index (χ0) is 13.4. The highest BCUT2D eigenvalue weighted by atomic mass is 35.5. The van der Waals surface area contributed by atoms with Crippen molar-refractivity contribution in [1.29, 1.82) is 0 Å². The van der Waals surface area contributed by atoms with Crippen LogP contribution < -0.4 is 0 Å². The van der Waals surface area contributed by atoms with Crippen LogP contribution in [0, 0.1) is 13.8 Å². The van der Waals surface area contributed by atoms with E-state index >= 15 is 0 Å². The molecule has 0 aliphatic carbocycles. The molecule has 0 unspecified atom stereocenters. The van der Waals surface area contributed by atoms with E-state index in [-0.39, 0.29) is 5.56 Å². The van der Waals surface area contributed by atoms with Crippen molar-refractivity contribution in [2.75, 3.05) is 0 Å². The summed E-state index contributed by atoms with van der Waals surface area (Å²) in [7, 11) is 1.79. The lowest BCUT2D eigenvalue weighted by atomic mass is 10.3. The normalized spacial score (nSPS) is 10.9. The van der Waals surface area contributed by atoms with Crippen molar-refractivity contribution >= 4 is 17.6 Å². The van der Waals surface area contributed by atoms with Crippen molar-refractivity contribution in [2.24, 2.45) is 7.05 Å². The number of halogens is 1. The molecule has 0 amide bonds. The third-order valence-corrected chi connectivity index (χ3v) is 3.24. The monoisotopic (exact) mass is 268 g/mol. The molecule has 7 heteroatoms. The smallest absolute Gasteiger partial charge is 0.339 e. The molecule has 0 atom stereocenters. The molecule has 1 N–H and O–H groups in total. The molecule has 0 aliphatic rings. The van der Waals surface area contributed by atoms with Crippen molar-refractivity contribution in [1.82, 2.24) is 19.6 Å². The third kappa shape index (κ3) is 2.11. The van der Waals surface area contributed by atoms with Gasteiger partial charge in [-0.05, 0) is 13.8 Å². The second kappa shape index (κ2) is 4.45. The molecule has 2 rings (SSSR count). The fraction of sp³-hybridized carbons (Fsp3) is 0.364. The predicted octanol–water partition coefficient (Wildman–Crippen LogP) is 1.63. The van der Waals surface area contributed by atoms with Gasteiger partial charge in [0.25, 0.3) is 0 Å². The van der Waals surface area contributed by atoms with Gasteiger partial charge in [-0.1, -0.05) is 11.6 Å².